The van der Waals surface area contributed by atoms with Gasteiger partial charge in [-0.25, -0.2) is 0 Å². The van der Waals surface area contributed by atoms with Crippen molar-refractivity contribution in [1.82, 2.24) is 30.7 Å². The molecule has 0 aromatic carbocycles. The third-order valence-corrected chi connectivity index (χ3v) is 14.2. The predicted molar refractivity (Wildman–Crippen MR) is 236 cm³/mol. The Kier molecular flexibility index (Phi) is 19.7. The van der Waals surface area contributed by atoms with Crippen LogP contribution in [0.4, 0.5) is 0 Å². The summed E-state index contributed by atoms with van der Waals surface area (Å²) in [7, 11) is 5.70. The van der Waals surface area contributed by atoms with Crippen LogP contribution in [0.5, 0.6) is 0 Å². The summed E-state index contributed by atoms with van der Waals surface area (Å²) in [6.07, 6.45) is 21.7. The quantitative estimate of drug-likeness (QED) is 0.219. The molecule has 1 aliphatic carbocycles. The molecule has 336 valence electrons. The van der Waals surface area contributed by atoms with Gasteiger partial charge in [0.2, 0.25) is 17.7 Å². The smallest absolute Gasteiger partial charge is 0.239 e. The van der Waals surface area contributed by atoms with Crippen molar-refractivity contribution in [2.24, 2.45) is 22.2 Å². The average molecular weight is 817 g/mol. The molecule has 6 aliphatic rings. The molecule has 5 atom stereocenters. The molecule has 6 fully saturated rings. The topological polar surface area (TPSA) is 115 Å². The fraction of sp³-hybridized carbons (Fsp3) is 0.936. The van der Waals surface area contributed by atoms with Gasteiger partial charge in [0.1, 0.15) is 0 Å². The molecular formula is C47H88N6O5. The molecule has 3 amide bonds. The maximum Gasteiger partial charge on any atom is 0.239 e. The van der Waals surface area contributed by atoms with E-state index in [1.165, 1.54) is 51.4 Å². The number of hydrogen-bond acceptors (Lipinski definition) is 8. The molecule has 5 unspecified atom stereocenters. The van der Waals surface area contributed by atoms with Crippen molar-refractivity contribution in [2.45, 2.75) is 187 Å². The summed E-state index contributed by atoms with van der Waals surface area (Å²) in [5, 5.41) is 9.61. The number of rotatable bonds is 9. The zero-order valence-corrected chi connectivity index (χ0v) is 38.7. The predicted octanol–water partition coefficient (Wildman–Crippen LogP) is 6.78. The average Bonchev–Trinajstić information content (AvgIpc) is 3.32. The number of likely N-dealkylation sites (N-methyl/N-ethyl adjacent to an activating group) is 3. The summed E-state index contributed by atoms with van der Waals surface area (Å²) < 4.78 is 11.6. The molecule has 5 aliphatic heterocycles. The summed E-state index contributed by atoms with van der Waals surface area (Å²) in [5.74, 6) is 1.58. The van der Waals surface area contributed by atoms with Crippen molar-refractivity contribution in [3.05, 3.63) is 0 Å². The largest absolute Gasteiger partial charge is 0.376 e. The van der Waals surface area contributed by atoms with Gasteiger partial charge in [0.25, 0.3) is 0 Å². The van der Waals surface area contributed by atoms with Gasteiger partial charge in [-0.1, -0.05) is 80.1 Å². The van der Waals surface area contributed by atoms with Gasteiger partial charge in [-0.2, -0.15) is 0 Å². The fourth-order valence-corrected chi connectivity index (χ4v) is 10.0. The van der Waals surface area contributed by atoms with Gasteiger partial charge in [-0.3, -0.25) is 14.4 Å². The van der Waals surface area contributed by atoms with E-state index in [2.05, 4.69) is 62.4 Å². The van der Waals surface area contributed by atoms with Gasteiger partial charge in [-0.05, 0) is 120 Å². The van der Waals surface area contributed by atoms with Crippen LogP contribution in [0.2, 0.25) is 0 Å². The second-order valence-corrected chi connectivity index (χ2v) is 21.1. The minimum Gasteiger partial charge on any atom is -0.376 e. The monoisotopic (exact) mass is 817 g/mol. The molecule has 0 aromatic rings. The van der Waals surface area contributed by atoms with Crippen LogP contribution < -0.4 is 16.0 Å². The molecule has 0 aromatic heterocycles. The number of amides is 3. The van der Waals surface area contributed by atoms with Gasteiger partial charge in [-0.15, -0.1) is 0 Å². The molecule has 0 radical (unpaired) electrons. The van der Waals surface area contributed by atoms with E-state index in [1.54, 1.807) is 0 Å². The van der Waals surface area contributed by atoms with E-state index in [9.17, 15) is 14.4 Å². The van der Waals surface area contributed by atoms with Crippen molar-refractivity contribution in [2.75, 3.05) is 73.6 Å². The van der Waals surface area contributed by atoms with E-state index in [4.69, 9.17) is 9.47 Å². The maximum absolute atomic E-state index is 12.7. The molecule has 0 spiro atoms. The summed E-state index contributed by atoms with van der Waals surface area (Å²) in [5.41, 5.74) is 0.721. The first kappa shape index (κ1) is 48.9. The third kappa shape index (κ3) is 15.9. The van der Waals surface area contributed by atoms with Crippen molar-refractivity contribution in [1.29, 1.82) is 0 Å². The number of carbonyl (C=O) groups excluding carboxylic acids is 3. The first-order valence-corrected chi connectivity index (χ1v) is 23.7. The molecule has 3 N–H and O–H groups in total. The van der Waals surface area contributed by atoms with E-state index in [0.717, 1.165) is 123 Å². The van der Waals surface area contributed by atoms with Gasteiger partial charge in [0.05, 0.1) is 30.3 Å². The lowest BCUT2D eigenvalue weighted by Gasteiger charge is -2.28. The lowest BCUT2D eigenvalue weighted by atomic mass is 9.83. The van der Waals surface area contributed by atoms with E-state index in [1.807, 2.05) is 30.9 Å². The van der Waals surface area contributed by atoms with Gasteiger partial charge < -0.3 is 40.1 Å². The first-order valence-electron chi connectivity index (χ1n) is 23.7. The van der Waals surface area contributed by atoms with Gasteiger partial charge >= 0.3 is 0 Å². The number of likely N-dealkylation sites (tertiary alicyclic amines) is 3. The Hall–Kier alpha value is -1.79. The van der Waals surface area contributed by atoms with Crippen LogP contribution in [0.1, 0.15) is 157 Å². The minimum absolute atomic E-state index is 0.0123. The van der Waals surface area contributed by atoms with Crippen molar-refractivity contribution < 1.29 is 23.9 Å². The maximum atomic E-state index is 12.7. The van der Waals surface area contributed by atoms with Crippen molar-refractivity contribution in [3.63, 3.8) is 0 Å². The van der Waals surface area contributed by atoms with E-state index < -0.39 is 0 Å². The van der Waals surface area contributed by atoms with Crippen LogP contribution >= 0.6 is 0 Å². The Morgan fingerprint density at radius 1 is 0.483 bits per heavy atom. The third-order valence-electron chi connectivity index (χ3n) is 14.2. The van der Waals surface area contributed by atoms with Crippen LogP contribution in [-0.4, -0.2) is 136 Å². The Bertz CT molecular complexity index is 1170. The fourth-order valence-electron chi connectivity index (χ4n) is 10.0. The summed E-state index contributed by atoms with van der Waals surface area (Å²) in [6.45, 7) is 20.5. The number of carbonyl (C=O) groups is 3. The van der Waals surface area contributed by atoms with Crippen LogP contribution in [0.3, 0.4) is 0 Å². The molecular weight excluding hydrogens is 729 g/mol. The molecule has 11 heteroatoms. The highest BCUT2D eigenvalue weighted by molar-refractivity contribution is 5.83. The molecule has 0 bridgehead atoms. The molecule has 5 saturated heterocycles. The van der Waals surface area contributed by atoms with Crippen LogP contribution in [0, 0.1) is 22.2 Å². The summed E-state index contributed by atoms with van der Waals surface area (Å²) in [6, 6.07) is -0.0690. The van der Waals surface area contributed by atoms with Crippen LogP contribution in [0.15, 0.2) is 0 Å². The summed E-state index contributed by atoms with van der Waals surface area (Å²) in [4.78, 5) is 44.0. The van der Waals surface area contributed by atoms with Gasteiger partial charge in [0.15, 0.2) is 0 Å². The van der Waals surface area contributed by atoms with E-state index >= 15 is 0 Å². The Labute approximate surface area is 354 Å². The Morgan fingerprint density at radius 2 is 0.828 bits per heavy atom. The Balaban J connectivity index is 0.000000193. The lowest BCUT2D eigenvalue weighted by Crippen LogP contribution is -2.47. The lowest BCUT2D eigenvalue weighted by molar-refractivity contribution is -0.135. The molecule has 1 saturated carbocycles. The van der Waals surface area contributed by atoms with E-state index in [0.29, 0.717) is 5.91 Å². The first-order chi connectivity index (χ1) is 27.5. The summed E-state index contributed by atoms with van der Waals surface area (Å²) >= 11 is 0. The highest BCUT2D eigenvalue weighted by atomic mass is 16.5. The SMILES string of the molecule is CNC1CC(C)(C)CCN(CC2CCCCCC2)C1=O.CNC1CC(C)(C)CCN(CC2CCCCCO2)C1=O.CNC1CC(C)(C)CCN(CC2CCCO2)C1=O. The van der Waals surface area contributed by atoms with E-state index in [-0.39, 0.29) is 58.4 Å². The number of nitrogens with zero attached hydrogens (tertiary/aromatic N) is 3. The number of ether oxygens (including phenoxy) is 2. The van der Waals surface area contributed by atoms with Gasteiger partial charge in [0, 0.05) is 52.5 Å². The molecule has 11 nitrogen and oxygen atoms in total. The highest BCUT2D eigenvalue weighted by Gasteiger charge is 2.38. The zero-order chi connectivity index (χ0) is 42.3. The molecule has 58 heavy (non-hydrogen) atoms. The normalized spacial score (nSPS) is 31.1. The van der Waals surface area contributed by atoms with Crippen molar-refractivity contribution >= 4 is 17.7 Å². The Morgan fingerprint density at radius 3 is 1.21 bits per heavy atom. The second kappa shape index (κ2) is 23.4. The highest BCUT2D eigenvalue weighted by Crippen LogP contribution is 2.34. The number of nitrogens with one attached hydrogen (secondary N) is 3. The molecule has 5 heterocycles. The molecule has 6 rings (SSSR count). The van der Waals surface area contributed by atoms with Crippen molar-refractivity contribution in [3.8, 4) is 0 Å². The van der Waals surface area contributed by atoms with Crippen LogP contribution in [0.25, 0.3) is 0 Å². The van der Waals surface area contributed by atoms with Crippen LogP contribution in [-0.2, 0) is 23.9 Å². The second-order valence-electron chi connectivity index (χ2n) is 21.1. The minimum atomic E-state index is -0.0433. The standard InChI is InChI=1S/C17H32N2O.C16H30N2O2.C14H26N2O2/c1-17(2)10-11-19(16(20)15(12-17)18-3)13-14-8-6-4-5-7-9-14;1-16(2)8-9-18(15(19)14(11-16)17-3)12-13-7-5-4-6-10-20-13;1-14(2)6-7-16(10-11-5-4-8-18-11)13(17)12(9-14)15-3/h14-15,18H,4-13H2,1-3H3;13-14,17H,4-12H2,1-3H3;11-12,15H,4-10H2,1-3H3. The zero-order valence-electron chi connectivity index (χ0n) is 38.7. The number of hydrogen-bond donors (Lipinski definition) is 3.